The first-order chi connectivity index (χ1) is 14.3. The lowest BCUT2D eigenvalue weighted by Crippen LogP contribution is -2.29. The molecule has 0 saturated heterocycles. The van der Waals surface area contributed by atoms with Crippen LogP contribution < -0.4 is 10.7 Å². The van der Waals surface area contributed by atoms with E-state index in [4.69, 9.17) is 11.6 Å². The number of hydrogen-bond acceptors (Lipinski definition) is 6. The van der Waals surface area contributed by atoms with E-state index in [-0.39, 0.29) is 17.7 Å². The van der Waals surface area contributed by atoms with Gasteiger partial charge in [-0.2, -0.15) is 5.10 Å². The van der Waals surface area contributed by atoms with Gasteiger partial charge in [-0.3, -0.25) is 9.59 Å². The van der Waals surface area contributed by atoms with Gasteiger partial charge in [-0.05, 0) is 50.6 Å². The summed E-state index contributed by atoms with van der Waals surface area (Å²) in [6.45, 7) is 5.43. The Balaban J connectivity index is 1.72. The molecule has 0 radical (unpaired) electrons. The molecular weight excluding hydrogens is 442 g/mol. The molecule has 0 bridgehead atoms. The number of rotatable bonds is 6. The van der Waals surface area contributed by atoms with Crippen LogP contribution in [0.3, 0.4) is 0 Å². The molecule has 2 aromatic heterocycles. The van der Waals surface area contributed by atoms with Gasteiger partial charge in [-0.15, -0.1) is 22.7 Å². The molecule has 0 aliphatic carbocycles. The molecule has 0 spiro atoms. The number of hydrogen-bond donors (Lipinski definition) is 3. The molecule has 3 aromatic rings. The van der Waals surface area contributed by atoms with Gasteiger partial charge in [0, 0.05) is 16.4 Å². The normalized spacial score (nSPS) is 11.6. The van der Waals surface area contributed by atoms with Crippen LogP contribution in [0.25, 0.3) is 10.4 Å². The average Bonchev–Trinajstić information content (AvgIpc) is 3.32. The summed E-state index contributed by atoms with van der Waals surface area (Å²) in [5.41, 5.74) is 4.26. The minimum absolute atomic E-state index is 0.0132. The van der Waals surface area contributed by atoms with Gasteiger partial charge in [-0.1, -0.05) is 23.7 Å². The average molecular weight is 462 g/mol. The molecule has 0 unspecified atom stereocenters. The first kappa shape index (κ1) is 22.0. The second-order valence-corrected chi connectivity index (χ2v) is 9.17. The highest BCUT2D eigenvalue weighted by atomic mass is 35.5. The Labute approximate surface area is 187 Å². The molecule has 2 amide bonds. The molecule has 6 nitrogen and oxygen atoms in total. The summed E-state index contributed by atoms with van der Waals surface area (Å²) in [6.07, 6.45) is 0. The number of nitrogens with zero attached hydrogens (tertiary/aromatic N) is 1. The van der Waals surface area contributed by atoms with Crippen molar-refractivity contribution in [3.8, 4) is 16.2 Å². The van der Waals surface area contributed by atoms with Crippen molar-refractivity contribution in [2.45, 2.75) is 26.8 Å². The number of halogens is 1. The molecule has 3 N–H and O–H groups in total. The summed E-state index contributed by atoms with van der Waals surface area (Å²) in [6, 6.07) is 10.4. The molecule has 30 heavy (non-hydrogen) atoms. The molecule has 0 saturated carbocycles. The first-order valence-corrected chi connectivity index (χ1v) is 11.2. The first-order valence-electron chi connectivity index (χ1n) is 9.08. The van der Waals surface area contributed by atoms with Crippen molar-refractivity contribution >= 4 is 51.8 Å². The third-order valence-corrected chi connectivity index (χ3v) is 6.38. The van der Waals surface area contributed by atoms with Crippen molar-refractivity contribution < 1.29 is 14.7 Å². The summed E-state index contributed by atoms with van der Waals surface area (Å²) in [5, 5.41) is 19.8. The van der Waals surface area contributed by atoms with Crippen LogP contribution in [0.5, 0.6) is 5.75 Å². The number of amides is 2. The minimum atomic E-state index is -0.423. The second-order valence-electron chi connectivity index (χ2n) is 6.77. The van der Waals surface area contributed by atoms with Crippen molar-refractivity contribution in [1.82, 2.24) is 10.7 Å². The van der Waals surface area contributed by atoms with Crippen LogP contribution in [0, 0.1) is 0 Å². The lowest BCUT2D eigenvalue weighted by Gasteiger charge is -2.05. The van der Waals surface area contributed by atoms with Gasteiger partial charge in [0.15, 0.2) is 0 Å². The van der Waals surface area contributed by atoms with Crippen LogP contribution in [0.1, 0.15) is 45.7 Å². The third kappa shape index (κ3) is 5.08. The zero-order chi connectivity index (χ0) is 21.8. The molecule has 0 aliphatic rings. The van der Waals surface area contributed by atoms with Gasteiger partial charge < -0.3 is 10.4 Å². The maximum absolute atomic E-state index is 12.4. The Hall–Kier alpha value is -2.68. The zero-order valence-corrected chi connectivity index (χ0v) is 18.9. The highest BCUT2D eigenvalue weighted by Crippen LogP contribution is 2.39. The van der Waals surface area contributed by atoms with E-state index in [0.29, 0.717) is 30.9 Å². The number of aromatic hydroxyl groups is 1. The molecule has 0 aliphatic heterocycles. The van der Waals surface area contributed by atoms with Gasteiger partial charge in [-0.25, -0.2) is 5.43 Å². The Kier molecular flexibility index (Phi) is 6.91. The fraction of sp³-hybridized carbons (Fsp3) is 0.190. The highest BCUT2D eigenvalue weighted by molar-refractivity contribution is 7.16. The highest BCUT2D eigenvalue weighted by Gasteiger charge is 2.17. The summed E-state index contributed by atoms with van der Waals surface area (Å²) >= 11 is 8.49. The minimum Gasteiger partial charge on any atom is -0.506 e. The lowest BCUT2D eigenvalue weighted by molar-refractivity contribution is 0.0944. The molecular formula is C21H20ClN3O3S2. The Bertz CT molecular complexity index is 1120. The Morgan fingerprint density at radius 2 is 1.83 bits per heavy atom. The fourth-order valence-corrected chi connectivity index (χ4v) is 4.60. The van der Waals surface area contributed by atoms with Crippen molar-refractivity contribution in [3.63, 3.8) is 0 Å². The van der Waals surface area contributed by atoms with E-state index in [1.165, 1.54) is 11.3 Å². The largest absolute Gasteiger partial charge is 0.506 e. The second kappa shape index (κ2) is 9.42. The zero-order valence-electron chi connectivity index (χ0n) is 16.5. The standard InChI is InChI=1S/C21H20ClN3O3S2/c1-11(2)23-20(27)16-7-8-17(30-16)21(28)25-24-12(3)15-10-29-19(18(15)26)13-5-4-6-14(22)9-13/h4-11,26H,1-3H3,(H,23,27)(H,25,28). The van der Waals surface area contributed by atoms with E-state index in [2.05, 4.69) is 15.8 Å². The number of carbonyl (C=O) groups excluding carboxylic acids is 2. The third-order valence-electron chi connectivity index (χ3n) is 4.04. The predicted molar refractivity (Wildman–Crippen MR) is 123 cm³/mol. The van der Waals surface area contributed by atoms with Gasteiger partial charge in [0.1, 0.15) is 5.75 Å². The van der Waals surface area contributed by atoms with E-state index in [1.807, 2.05) is 26.0 Å². The fourth-order valence-electron chi connectivity index (χ4n) is 2.61. The quantitative estimate of drug-likeness (QED) is 0.351. The lowest BCUT2D eigenvalue weighted by atomic mass is 10.1. The molecule has 1 aromatic carbocycles. The summed E-state index contributed by atoms with van der Waals surface area (Å²) < 4.78 is 0. The van der Waals surface area contributed by atoms with E-state index < -0.39 is 5.91 Å². The summed E-state index contributed by atoms with van der Waals surface area (Å²) in [4.78, 5) is 25.9. The Morgan fingerprint density at radius 3 is 2.50 bits per heavy atom. The molecule has 0 atom stereocenters. The number of thiophene rings is 2. The van der Waals surface area contributed by atoms with E-state index in [1.54, 1.807) is 36.6 Å². The van der Waals surface area contributed by atoms with E-state index in [9.17, 15) is 14.7 Å². The number of nitrogens with one attached hydrogen (secondary N) is 2. The maximum Gasteiger partial charge on any atom is 0.281 e. The predicted octanol–water partition coefficient (Wildman–Crippen LogP) is 5.13. The van der Waals surface area contributed by atoms with Crippen molar-refractivity contribution in [1.29, 1.82) is 0 Å². The molecule has 3 rings (SSSR count). The summed E-state index contributed by atoms with van der Waals surface area (Å²) in [5.74, 6) is -0.556. The number of hydrazone groups is 1. The van der Waals surface area contributed by atoms with Crippen LogP contribution in [0.2, 0.25) is 5.02 Å². The van der Waals surface area contributed by atoms with Crippen molar-refractivity contribution in [3.05, 3.63) is 62.1 Å². The van der Waals surface area contributed by atoms with E-state index >= 15 is 0 Å². The van der Waals surface area contributed by atoms with Gasteiger partial charge in [0.25, 0.3) is 11.8 Å². The molecule has 0 fully saturated rings. The van der Waals surface area contributed by atoms with Crippen LogP contribution >= 0.6 is 34.3 Å². The molecule has 2 heterocycles. The molecule has 156 valence electrons. The Morgan fingerprint density at radius 1 is 1.13 bits per heavy atom. The van der Waals surface area contributed by atoms with Crippen LogP contribution in [-0.4, -0.2) is 28.7 Å². The number of carbonyl (C=O) groups is 2. The number of benzene rings is 1. The van der Waals surface area contributed by atoms with Gasteiger partial charge >= 0.3 is 0 Å². The monoisotopic (exact) mass is 461 g/mol. The summed E-state index contributed by atoms with van der Waals surface area (Å²) in [7, 11) is 0. The van der Waals surface area contributed by atoms with Crippen LogP contribution in [0.15, 0.2) is 46.9 Å². The van der Waals surface area contributed by atoms with Crippen LogP contribution in [-0.2, 0) is 0 Å². The smallest absolute Gasteiger partial charge is 0.281 e. The van der Waals surface area contributed by atoms with Gasteiger partial charge in [0.05, 0.1) is 25.9 Å². The molecule has 9 heteroatoms. The topological polar surface area (TPSA) is 90.8 Å². The van der Waals surface area contributed by atoms with Crippen LogP contribution in [0.4, 0.5) is 0 Å². The van der Waals surface area contributed by atoms with Gasteiger partial charge in [0.2, 0.25) is 0 Å². The SMILES string of the molecule is CC(=NNC(=O)c1ccc(C(=O)NC(C)C)s1)c1csc(-c2cccc(Cl)c2)c1O. The van der Waals surface area contributed by atoms with E-state index in [0.717, 1.165) is 16.9 Å². The maximum atomic E-state index is 12.4. The van der Waals surface area contributed by atoms with Crippen molar-refractivity contribution in [2.75, 3.05) is 0 Å². The van der Waals surface area contributed by atoms with Crippen molar-refractivity contribution in [2.24, 2.45) is 5.10 Å².